The smallest absolute Gasteiger partial charge is 0.265 e. The highest BCUT2D eigenvalue weighted by Crippen LogP contribution is 2.39. The maximum Gasteiger partial charge on any atom is 0.265 e. The molecule has 0 N–H and O–H groups in total. The van der Waals surface area contributed by atoms with Crippen molar-refractivity contribution in [2.75, 3.05) is 27.4 Å². The third kappa shape index (κ3) is 5.85. The lowest BCUT2D eigenvalue weighted by Gasteiger charge is -2.19. The van der Waals surface area contributed by atoms with Crippen LogP contribution in [0.2, 0.25) is 0 Å². The Morgan fingerprint density at radius 2 is 1.78 bits per heavy atom. The SMILES string of the molecule is COc1cc(/C=C2\SC(=S)N(C)C2=O)cc(Br)c1OCCOc1ccc(C(C)(C)C)cc1. The molecule has 2 aromatic carbocycles. The molecule has 0 unspecified atom stereocenters. The molecule has 5 nitrogen and oxygen atoms in total. The Kier molecular flexibility index (Phi) is 7.90. The molecule has 0 spiro atoms. The van der Waals surface area contributed by atoms with Crippen molar-refractivity contribution in [3.05, 3.63) is 56.9 Å². The third-order valence-corrected chi connectivity index (χ3v) is 6.93. The zero-order valence-corrected chi connectivity index (χ0v) is 21.9. The minimum absolute atomic E-state index is 0.108. The number of thiocarbonyl (C=S) groups is 1. The molecule has 0 saturated carbocycles. The number of hydrogen-bond acceptors (Lipinski definition) is 6. The topological polar surface area (TPSA) is 48.0 Å². The van der Waals surface area contributed by atoms with E-state index in [9.17, 15) is 4.79 Å². The number of nitrogens with zero attached hydrogens (tertiary/aromatic N) is 1. The van der Waals surface area contributed by atoms with Crippen LogP contribution in [0.3, 0.4) is 0 Å². The van der Waals surface area contributed by atoms with Gasteiger partial charge >= 0.3 is 0 Å². The first-order chi connectivity index (χ1) is 15.1. The maximum absolute atomic E-state index is 12.3. The number of thioether (sulfide) groups is 1. The van der Waals surface area contributed by atoms with Crippen molar-refractivity contribution in [3.8, 4) is 17.2 Å². The molecule has 0 bridgehead atoms. The van der Waals surface area contributed by atoms with Gasteiger partial charge in [0.2, 0.25) is 0 Å². The number of hydrogen-bond donors (Lipinski definition) is 0. The van der Waals surface area contributed by atoms with E-state index in [2.05, 4.69) is 48.8 Å². The monoisotopic (exact) mass is 535 g/mol. The van der Waals surface area contributed by atoms with Gasteiger partial charge in [-0.3, -0.25) is 9.69 Å². The average Bonchev–Trinajstić information content (AvgIpc) is 2.98. The van der Waals surface area contributed by atoms with Gasteiger partial charge in [-0.25, -0.2) is 0 Å². The number of methoxy groups -OCH3 is 1. The summed E-state index contributed by atoms with van der Waals surface area (Å²) in [5.41, 5.74) is 2.18. The van der Waals surface area contributed by atoms with Crippen molar-refractivity contribution >= 4 is 56.2 Å². The Morgan fingerprint density at radius 3 is 2.34 bits per heavy atom. The average molecular weight is 537 g/mol. The van der Waals surface area contributed by atoms with E-state index in [1.54, 1.807) is 20.2 Å². The molecule has 1 aliphatic rings. The van der Waals surface area contributed by atoms with Gasteiger partial charge in [-0.1, -0.05) is 56.9 Å². The summed E-state index contributed by atoms with van der Waals surface area (Å²) in [4.78, 5) is 14.3. The van der Waals surface area contributed by atoms with Crippen LogP contribution in [0, 0.1) is 0 Å². The van der Waals surface area contributed by atoms with Crippen molar-refractivity contribution in [3.63, 3.8) is 0 Å². The zero-order valence-electron chi connectivity index (χ0n) is 18.7. The van der Waals surface area contributed by atoms with Crippen molar-refractivity contribution in [2.45, 2.75) is 26.2 Å². The number of likely N-dealkylation sites (N-methyl/N-ethyl adjacent to an activating group) is 1. The van der Waals surface area contributed by atoms with Gasteiger partial charge in [0.15, 0.2) is 11.5 Å². The number of benzene rings is 2. The Balaban J connectivity index is 1.63. The molecule has 3 rings (SSSR count). The molecule has 170 valence electrons. The minimum atomic E-state index is -0.108. The van der Waals surface area contributed by atoms with Crippen molar-refractivity contribution in [2.24, 2.45) is 0 Å². The first-order valence-corrected chi connectivity index (χ1v) is 12.1. The van der Waals surface area contributed by atoms with E-state index in [-0.39, 0.29) is 11.3 Å². The molecule has 1 saturated heterocycles. The predicted molar refractivity (Wildman–Crippen MR) is 138 cm³/mol. The fourth-order valence-corrected chi connectivity index (χ4v) is 4.77. The highest BCUT2D eigenvalue weighted by molar-refractivity contribution is 9.10. The molecule has 0 aromatic heterocycles. The molecule has 0 aliphatic carbocycles. The lowest BCUT2D eigenvalue weighted by atomic mass is 9.87. The molecule has 1 amide bonds. The lowest BCUT2D eigenvalue weighted by Crippen LogP contribution is -2.22. The van der Waals surface area contributed by atoms with Gasteiger partial charge in [-0.15, -0.1) is 0 Å². The van der Waals surface area contributed by atoms with Crippen molar-refractivity contribution < 1.29 is 19.0 Å². The van der Waals surface area contributed by atoms with Gasteiger partial charge < -0.3 is 14.2 Å². The summed E-state index contributed by atoms with van der Waals surface area (Å²) in [5.74, 6) is 1.84. The quantitative estimate of drug-likeness (QED) is 0.244. The number of rotatable bonds is 7. The molecule has 0 radical (unpaired) electrons. The molecule has 2 aromatic rings. The molecule has 8 heteroatoms. The van der Waals surface area contributed by atoms with Gasteiger partial charge in [-0.2, -0.15) is 0 Å². The van der Waals surface area contributed by atoms with Crippen LogP contribution in [0.4, 0.5) is 0 Å². The van der Waals surface area contributed by atoms with E-state index < -0.39 is 0 Å². The standard InChI is InChI=1S/C24H26BrNO4S2/c1-24(2,3)16-6-8-17(9-7-16)29-10-11-30-21-18(25)12-15(13-19(21)28-5)14-20-22(27)26(4)23(31)32-20/h6-9,12-14H,10-11H2,1-5H3/b20-14-. The van der Waals surface area contributed by atoms with Gasteiger partial charge in [0.1, 0.15) is 23.3 Å². The number of carbonyl (C=O) groups is 1. The number of ether oxygens (including phenoxy) is 3. The normalized spacial score (nSPS) is 15.4. The van der Waals surface area contributed by atoms with Crippen LogP contribution in [0.25, 0.3) is 6.08 Å². The van der Waals surface area contributed by atoms with Crippen LogP contribution in [0.1, 0.15) is 31.9 Å². The van der Waals surface area contributed by atoms with E-state index in [1.807, 2.05) is 24.3 Å². The lowest BCUT2D eigenvalue weighted by molar-refractivity contribution is -0.121. The second kappa shape index (κ2) is 10.3. The fourth-order valence-electron chi connectivity index (χ4n) is 3.01. The largest absolute Gasteiger partial charge is 0.493 e. The first kappa shape index (κ1) is 24.6. The van der Waals surface area contributed by atoms with Crippen LogP contribution in [-0.2, 0) is 10.2 Å². The van der Waals surface area contributed by atoms with E-state index in [0.717, 1.165) is 15.8 Å². The molecule has 32 heavy (non-hydrogen) atoms. The fraction of sp³-hybridized carbons (Fsp3) is 0.333. The second-order valence-corrected chi connectivity index (χ2v) is 10.8. The predicted octanol–water partition coefficient (Wildman–Crippen LogP) is 6.04. The molecule has 0 atom stereocenters. The van der Waals surface area contributed by atoms with Gasteiger partial charge in [-0.05, 0) is 62.8 Å². The highest BCUT2D eigenvalue weighted by atomic mass is 79.9. The highest BCUT2D eigenvalue weighted by Gasteiger charge is 2.28. The van der Waals surface area contributed by atoms with Crippen LogP contribution in [-0.4, -0.2) is 42.5 Å². The van der Waals surface area contributed by atoms with Crippen molar-refractivity contribution in [1.82, 2.24) is 4.90 Å². The summed E-state index contributed by atoms with van der Waals surface area (Å²) in [5, 5.41) is 0. The van der Waals surface area contributed by atoms with Crippen LogP contribution in [0.15, 0.2) is 45.8 Å². The molecule has 1 aliphatic heterocycles. The van der Waals surface area contributed by atoms with Crippen LogP contribution >= 0.6 is 39.9 Å². The Bertz CT molecular complexity index is 1050. The van der Waals surface area contributed by atoms with Gasteiger partial charge in [0, 0.05) is 7.05 Å². The zero-order chi connectivity index (χ0) is 23.5. The van der Waals surface area contributed by atoms with Crippen LogP contribution in [0.5, 0.6) is 17.2 Å². The van der Waals surface area contributed by atoms with Crippen LogP contribution < -0.4 is 14.2 Å². The van der Waals surface area contributed by atoms with E-state index in [1.165, 1.54) is 22.2 Å². The second-order valence-electron chi connectivity index (χ2n) is 8.25. The molecule has 1 heterocycles. The Labute approximate surface area is 207 Å². The molecular weight excluding hydrogens is 510 g/mol. The first-order valence-electron chi connectivity index (χ1n) is 10.1. The summed E-state index contributed by atoms with van der Waals surface area (Å²) in [7, 11) is 3.25. The minimum Gasteiger partial charge on any atom is -0.493 e. The van der Waals surface area contributed by atoms with Crippen molar-refractivity contribution in [1.29, 1.82) is 0 Å². The number of amides is 1. The van der Waals surface area contributed by atoms with E-state index in [4.69, 9.17) is 26.4 Å². The number of halogens is 1. The maximum atomic E-state index is 12.3. The van der Waals surface area contributed by atoms with E-state index in [0.29, 0.717) is 33.9 Å². The molecule has 1 fully saturated rings. The Morgan fingerprint density at radius 1 is 1.12 bits per heavy atom. The summed E-state index contributed by atoms with van der Waals surface area (Å²) >= 11 is 10.0. The summed E-state index contributed by atoms with van der Waals surface area (Å²) in [6.45, 7) is 7.29. The summed E-state index contributed by atoms with van der Waals surface area (Å²) in [6, 6.07) is 11.8. The van der Waals surface area contributed by atoms with E-state index >= 15 is 0 Å². The summed E-state index contributed by atoms with van der Waals surface area (Å²) < 4.78 is 18.5. The number of carbonyl (C=O) groups excluding carboxylic acids is 1. The van der Waals surface area contributed by atoms with Gasteiger partial charge in [0.05, 0.1) is 16.5 Å². The Hall–Kier alpha value is -2.03. The third-order valence-electron chi connectivity index (χ3n) is 4.85. The van der Waals surface area contributed by atoms with Gasteiger partial charge in [0.25, 0.3) is 5.91 Å². The summed E-state index contributed by atoms with van der Waals surface area (Å²) in [6.07, 6.45) is 1.80. The molecular formula is C24H26BrNO4S2.